The van der Waals surface area contributed by atoms with Gasteiger partial charge in [0.1, 0.15) is 17.5 Å². The first-order chi connectivity index (χ1) is 10.9. The number of hydrogen-bond acceptors (Lipinski definition) is 4. The molecular weight excluding hydrogens is 324 g/mol. The van der Waals surface area contributed by atoms with Gasteiger partial charge in [0.05, 0.1) is 5.56 Å². The van der Waals surface area contributed by atoms with Crippen LogP contribution in [-0.2, 0) is 11.8 Å². The normalized spacial score (nSPS) is 16.9. The SMILES string of the molecule is CSc1nc(=O)c2c(n1C)NC(=O)C[C@H]2c1ccc(F)cc1F. The molecule has 0 spiro atoms. The van der Waals surface area contributed by atoms with Gasteiger partial charge < -0.3 is 9.88 Å². The number of amides is 1. The third-order valence-electron chi connectivity index (χ3n) is 3.82. The Hall–Kier alpha value is -2.22. The molecule has 1 atom stereocenters. The fourth-order valence-electron chi connectivity index (χ4n) is 2.77. The second-order valence-electron chi connectivity index (χ2n) is 5.20. The average molecular weight is 337 g/mol. The second kappa shape index (κ2) is 5.77. The van der Waals surface area contributed by atoms with E-state index in [9.17, 15) is 18.4 Å². The summed E-state index contributed by atoms with van der Waals surface area (Å²) in [6.07, 6.45) is 1.67. The molecule has 0 fully saturated rings. The summed E-state index contributed by atoms with van der Waals surface area (Å²) in [6.45, 7) is 0. The van der Waals surface area contributed by atoms with E-state index in [1.165, 1.54) is 17.8 Å². The molecule has 2 heterocycles. The lowest BCUT2D eigenvalue weighted by Gasteiger charge is -2.27. The molecule has 1 aliphatic rings. The number of carbonyl (C=O) groups is 1. The second-order valence-corrected chi connectivity index (χ2v) is 5.97. The predicted octanol–water partition coefficient (Wildman–Crippen LogP) is 2.25. The summed E-state index contributed by atoms with van der Waals surface area (Å²) in [5.41, 5.74) is -0.190. The molecule has 8 heteroatoms. The van der Waals surface area contributed by atoms with E-state index in [1.54, 1.807) is 17.9 Å². The van der Waals surface area contributed by atoms with E-state index < -0.39 is 23.1 Å². The topological polar surface area (TPSA) is 64.0 Å². The molecule has 0 bridgehead atoms. The fraction of sp³-hybridized carbons (Fsp3) is 0.267. The maximum atomic E-state index is 14.1. The summed E-state index contributed by atoms with van der Waals surface area (Å²) < 4.78 is 28.8. The van der Waals surface area contributed by atoms with Crippen LogP contribution >= 0.6 is 11.8 Å². The van der Waals surface area contributed by atoms with Gasteiger partial charge in [0.25, 0.3) is 5.56 Å². The first-order valence-electron chi connectivity index (χ1n) is 6.82. The van der Waals surface area contributed by atoms with E-state index in [4.69, 9.17) is 0 Å². The van der Waals surface area contributed by atoms with Gasteiger partial charge in [-0.05, 0) is 17.9 Å². The summed E-state index contributed by atoms with van der Waals surface area (Å²) in [4.78, 5) is 28.4. The number of thioether (sulfide) groups is 1. The Morgan fingerprint density at radius 1 is 1.35 bits per heavy atom. The number of aromatic nitrogens is 2. The van der Waals surface area contributed by atoms with Gasteiger partial charge >= 0.3 is 0 Å². The lowest BCUT2D eigenvalue weighted by Crippen LogP contribution is -2.33. The summed E-state index contributed by atoms with van der Waals surface area (Å²) in [6, 6.07) is 3.12. The van der Waals surface area contributed by atoms with Crippen LogP contribution in [0.3, 0.4) is 0 Å². The van der Waals surface area contributed by atoms with E-state index in [0.717, 1.165) is 12.1 Å². The van der Waals surface area contributed by atoms with Gasteiger partial charge in [0.2, 0.25) is 5.91 Å². The zero-order chi connectivity index (χ0) is 16.7. The van der Waals surface area contributed by atoms with Crippen LogP contribution in [0.1, 0.15) is 23.5 Å². The molecule has 2 aromatic rings. The molecule has 1 aliphatic heterocycles. The quantitative estimate of drug-likeness (QED) is 0.674. The number of fused-ring (bicyclic) bond motifs is 1. The number of halogens is 2. The van der Waals surface area contributed by atoms with Crippen LogP contribution in [0.4, 0.5) is 14.6 Å². The summed E-state index contributed by atoms with van der Waals surface area (Å²) in [7, 11) is 1.67. The van der Waals surface area contributed by atoms with E-state index in [0.29, 0.717) is 11.0 Å². The minimum atomic E-state index is -0.790. The lowest BCUT2D eigenvalue weighted by molar-refractivity contribution is -0.116. The van der Waals surface area contributed by atoms with Crippen molar-refractivity contribution in [3.8, 4) is 0 Å². The molecule has 0 aliphatic carbocycles. The number of anilines is 1. The van der Waals surface area contributed by atoms with Crippen LogP contribution < -0.4 is 10.9 Å². The first-order valence-corrected chi connectivity index (χ1v) is 8.04. The summed E-state index contributed by atoms with van der Waals surface area (Å²) in [5, 5.41) is 3.09. The van der Waals surface area contributed by atoms with Crippen molar-refractivity contribution in [2.75, 3.05) is 11.6 Å². The molecule has 1 N–H and O–H groups in total. The molecule has 0 unspecified atom stereocenters. The van der Waals surface area contributed by atoms with Crippen molar-refractivity contribution >= 4 is 23.5 Å². The summed E-state index contributed by atoms with van der Waals surface area (Å²) >= 11 is 1.26. The van der Waals surface area contributed by atoms with Crippen LogP contribution in [0.15, 0.2) is 28.2 Å². The number of benzene rings is 1. The highest BCUT2D eigenvalue weighted by molar-refractivity contribution is 7.98. The van der Waals surface area contributed by atoms with Gasteiger partial charge in [-0.15, -0.1) is 0 Å². The monoisotopic (exact) mass is 337 g/mol. The highest BCUT2D eigenvalue weighted by Crippen LogP contribution is 2.36. The Labute approximate surface area is 134 Å². The van der Waals surface area contributed by atoms with Crippen molar-refractivity contribution < 1.29 is 13.6 Å². The van der Waals surface area contributed by atoms with Gasteiger partial charge in [-0.3, -0.25) is 9.59 Å². The van der Waals surface area contributed by atoms with E-state index in [-0.39, 0.29) is 23.5 Å². The largest absolute Gasteiger partial charge is 0.312 e. The molecule has 3 rings (SSSR count). The molecule has 0 radical (unpaired) electrons. The van der Waals surface area contributed by atoms with E-state index >= 15 is 0 Å². The molecule has 23 heavy (non-hydrogen) atoms. The Morgan fingerprint density at radius 2 is 2.09 bits per heavy atom. The molecule has 0 saturated heterocycles. The third-order valence-corrected chi connectivity index (χ3v) is 4.55. The van der Waals surface area contributed by atoms with Crippen LogP contribution in [-0.4, -0.2) is 21.7 Å². The van der Waals surface area contributed by atoms with Crippen molar-refractivity contribution in [1.29, 1.82) is 0 Å². The van der Waals surface area contributed by atoms with Crippen LogP contribution in [0.2, 0.25) is 0 Å². The first kappa shape index (κ1) is 15.7. The molecule has 120 valence electrons. The molecule has 1 amide bonds. The highest BCUT2D eigenvalue weighted by atomic mass is 32.2. The molecule has 1 aromatic heterocycles. The standard InChI is InChI=1S/C15H13F2N3O2S/c1-20-13-12(14(22)19-15(20)23-2)9(6-11(21)18-13)8-4-3-7(16)5-10(8)17/h3-5,9H,6H2,1-2H3,(H,18,21)/t9-/m0/s1. The maximum Gasteiger partial charge on any atom is 0.279 e. The van der Waals surface area contributed by atoms with Crippen molar-refractivity contribution in [1.82, 2.24) is 9.55 Å². The number of hydrogen-bond donors (Lipinski definition) is 1. The van der Waals surface area contributed by atoms with Crippen molar-refractivity contribution in [2.45, 2.75) is 17.5 Å². The minimum absolute atomic E-state index is 0.0922. The highest BCUT2D eigenvalue weighted by Gasteiger charge is 2.33. The van der Waals surface area contributed by atoms with Gasteiger partial charge in [0, 0.05) is 25.5 Å². The number of nitrogens with one attached hydrogen (secondary N) is 1. The zero-order valence-corrected chi connectivity index (χ0v) is 13.2. The Balaban J connectivity index is 2.25. The maximum absolute atomic E-state index is 14.1. The number of carbonyl (C=O) groups excluding carboxylic acids is 1. The van der Waals surface area contributed by atoms with Crippen LogP contribution in [0, 0.1) is 11.6 Å². The van der Waals surface area contributed by atoms with Crippen LogP contribution in [0.25, 0.3) is 0 Å². The molecule has 0 saturated carbocycles. The van der Waals surface area contributed by atoms with Crippen LogP contribution in [0.5, 0.6) is 0 Å². The van der Waals surface area contributed by atoms with E-state index in [1.807, 2.05) is 0 Å². The third kappa shape index (κ3) is 2.63. The summed E-state index contributed by atoms with van der Waals surface area (Å²) in [5.74, 6) is -2.32. The molecular formula is C15H13F2N3O2S. The van der Waals surface area contributed by atoms with Gasteiger partial charge in [0.15, 0.2) is 5.16 Å². The molecule has 1 aromatic carbocycles. The van der Waals surface area contributed by atoms with Crippen molar-refractivity contribution in [3.05, 3.63) is 51.3 Å². The number of rotatable bonds is 2. The average Bonchev–Trinajstić information content (AvgIpc) is 2.50. The Bertz CT molecular complexity index is 867. The van der Waals surface area contributed by atoms with E-state index in [2.05, 4.69) is 10.3 Å². The number of nitrogens with zero attached hydrogens (tertiary/aromatic N) is 2. The van der Waals surface area contributed by atoms with Gasteiger partial charge in [-0.2, -0.15) is 4.98 Å². The van der Waals surface area contributed by atoms with Gasteiger partial charge in [-0.25, -0.2) is 8.78 Å². The minimum Gasteiger partial charge on any atom is -0.312 e. The Morgan fingerprint density at radius 3 is 2.74 bits per heavy atom. The van der Waals surface area contributed by atoms with Crippen molar-refractivity contribution in [2.24, 2.45) is 7.05 Å². The fourth-order valence-corrected chi connectivity index (χ4v) is 3.31. The lowest BCUT2D eigenvalue weighted by atomic mass is 9.86. The van der Waals surface area contributed by atoms with Gasteiger partial charge in [-0.1, -0.05) is 17.8 Å². The Kier molecular flexibility index (Phi) is 3.93. The smallest absolute Gasteiger partial charge is 0.279 e. The van der Waals surface area contributed by atoms with Crippen molar-refractivity contribution in [3.63, 3.8) is 0 Å². The predicted molar refractivity (Wildman–Crippen MR) is 82.7 cm³/mol. The molecule has 5 nitrogen and oxygen atoms in total. The zero-order valence-electron chi connectivity index (χ0n) is 12.4.